The highest BCUT2D eigenvalue weighted by atomic mass is 32.1. The first-order chi connectivity index (χ1) is 18.2. The summed E-state index contributed by atoms with van der Waals surface area (Å²) in [6.07, 6.45) is 0.859. The van der Waals surface area contributed by atoms with Gasteiger partial charge in [-0.15, -0.1) is 0 Å². The van der Waals surface area contributed by atoms with E-state index in [2.05, 4.69) is 121 Å². The lowest BCUT2D eigenvalue weighted by atomic mass is 9.86. The molecule has 0 aromatic heterocycles. The summed E-state index contributed by atoms with van der Waals surface area (Å²) in [6, 6.07) is 42.8. The van der Waals surface area contributed by atoms with E-state index < -0.39 is 0 Å². The fourth-order valence-corrected chi connectivity index (χ4v) is 6.55. The predicted octanol–water partition coefficient (Wildman–Crippen LogP) is 9.10. The molecule has 174 valence electrons. The highest BCUT2D eigenvalue weighted by molar-refractivity contribution is 7.82. The molecule has 37 heavy (non-hydrogen) atoms. The van der Waals surface area contributed by atoms with Crippen molar-refractivity contribution in [1.82, 2.24) is 0 Å². The molecule has 0 fully saturated rings. The van der Waals surface area contributed by atoms with Crippen molar-refractivity contribution in [3.63, 3.8) is 0 Å². The molecule has 7 rings (SSSR count). The molecule has 0 bridgehead atoms. The van der Waals surface area contributed by atoms with Gasteiger partial charge < -0.3 is 0 Å². The van der Waals surface area contributed by atoms with Gasteiger partial charge in [0.1, 0.15) is 0 Å². The van der Waals surface area contributed by atoms with Gasteiger partial charge in [-0.2, -0.15) is 0 Å². The van der Waals surface area contributed by atoms with E-state index in [0.717, 1.165) is 38.4 Å². The fraction of sp³-hybridized carbons (Fsp3) is 0.0286. The first kappa shape index (κ1) is 22.2. The van der Waals surface area contributed by atoms with Gasteiger partial charge in [-0.05, 0) is 50.2 Å². The molecule has 2 heteroatoms. The summed E-state index contributed by atoms with van der Waals surface area (Å²) in [5.41, 5.74) is 9.46. The maximum atomic E-state index is 6.36. The number of fused-ring (bicyclic) bond motifs is 5. The Labute approximate surface area is 227 Å². The minimum Gasteiger partial charge on any atom is -0.0787 e. The largest absolute Gasteiger partial charge is 0.0787 e. The van der Waals surface area contributed by atoms with E-state index in [-0.39, 0.29) is 0 Å². The summed E-state index contributed by atoms with van der Waals surface area (Å²) in [5, 5.41) is 4.72. The van der Waals surface area contributed by atoms with Crippen LogP contribution in [0.25, 0.3) is 32.7 Å². The van der Waals surface area contributed by atoms with Gasteiger partial charge in [-0.25, -0.2) is 0 Å². The molecular formula is C35H22S2. The lowest BCUT2D eigenvalue weighted by Crippen LogP contribution is -2.13. The van der Waals surface area contributed by atoms with Gasteiger partial charge >= 0.3 is 0 Å². The summed E-state index contributed by atoms with van der Waals surface area (Å²) in [5.74, 6) is 0. The van der Waals surface area contributed by atoms with Crippen molar-refractivity contribution in [1.29, 1.82) is 0 Å². The summed E-state index contributed by atoms with van der Waals surface area (Å²) in [6.45, 7) is 0. The maximum absolute atomic E-state index is 6.36. The number of thiocarbonyl (C=S) groups is 2. The molecule has 0 saturated heterocycles. The summed E-state index contributed by atoms with van der Waals surface area (Å²) in [7, 11) is 0. The first-order valence-electron chi connectivity index (χ1n) is 12.5. The van der Waals surface area contributed by atoms with Crippen LogP contribution in [0.5, 0.6) is 0 Å². The Balaban J connectivity index is 1.49. The van der Waals surface area contributed by atoms with E-state index >= 15 is 0 Å². The van der Waals surface area contributed by atoms with E-state index in [1.165, 1.54) is 43.8 Å². The molecular weight excluding hydrogens is 485 g/mol. The third kappa shape index (κ3) is 3.56. The monoisotopic (exact) mass is 506 g/mol. The van der Waals surface area contributed by atoms with Crippen LogP contribution in [-0.4, -0.2) is 9.73 Å². The van der Waals surface area contributed by atoms with Crippen LogP contribution < -0.4 is 0 Å². The minimum absolute atomic E-state index is 0.841. The van der Waals surface area contributed by atoms with Crippen molar-refractivity contribution >= 4 is 55.7 Å². The van der Waals surface area contributed by atoms with E-state index in [4.69, 9.17) is 24.4 Å². The van der Waals surface area contributed by atoms with Crippen LogP contribution in [-0.2, 0) is 6.42 Å². The molecule has 6 aromatic rings. The normalized spacial score (nSPS) is 11.9. The van der Waals surface area contributed by atoms with Crippen molar-refractivity contribution in [2.24, 2.45) is 0 Å². The lowest BCUT2D eigenvalue weighted by Gasteiger charge is -2.19. The molecule has 0 radical (unpaired) electrons. The number of hydrogen-bond donors (Lipinski definition) is 0. The molecule has 0 nitrogen and oxygen atoms in total. The molecule has 6 aromatic carbocycles. The number of benzene rings is 6. The Morgan fingerprint density at radius 2 is 1.03 bits per heavy atom. The van der Waals surface area contributed by atoms with Gasteiger partial charge in [0.25, 0.3) is 0 Å². The van der Waals surface area contributed by atoms with Gasteiger partial charge in [0.2, 0.25) is 0 Å². The quantitative estimate of drug-likeness (QED) is 0.172. The maximum Gasteiger partial charge on any atom is 0.0537 e. The van der Waals surface area contributed by atoms with E-state index in [1.807, 2.05) is 0 Å². The van der Waals surface area contributed by atoms with Crippen molar-refractivity contribution < 1.29 is 0 Å². The Kier molecular flexibility index (Phi) is 5.32. The van der Waals surface area contributed by atoms with E-state index in [1.54, 1.807) is 0 Å². The summed E-state index contributed by atoms with van der Waals surface area (Å²) >= 11 is 12.6. The van der Waals surface area contributed by atoms with Crippen LogP contribution in [0.4, 0.5) is 0 Å². The Bertz CT molecular complexity index is 1880. The van der Waals surface area contributed by atoms with Gasteiger partial charge in [0.15, 0.2) is 0 Å². The lowest BCUT2D eigenvalue weighted by molar-refractivity contribution is 1.25. The van der Waals surface area contributed by atoms with E-state index in [0.29, 0.717) is 0 Å². The molecule has 0 saturated carbocycles. The molecule has 0 aliphatic heterocycles. The van der Waals surface area contributed by atoms with Crippen LogP contribution in [0.15, 0.2) is 121 Å². The number of hydrogen-bond acceptors (Lipinski definition) is 2. The minimum atomic E-state index is 0.841. The van der Waals surface area contributed by atoms with E-state index in [9.17, 15) is 0 Å². The zero-order valence-electron chi connectivity index (χ0n) is 20.1. The molecule has 0 N–H and O–H groups in total. The van der Waals surface area contributed by atoms with Crippen LogP contribution in [0.1, 0.15) is 33.4 Å². The van der Waals surface area contributed by atoms with Crippen molar-refractivity contribution in [2.45, 2.75) is 6.42 Å². The predicted molar refractivity (Wildman–Crippen MR) is 164 cm³/mol. The second kappa shape index (κ2) is 8.85. The third-order valence-electron chi connectivity index (χ3n) is 7.53. The Morgan fingerprint density at radius 1 is 0.459 bits per heavy atom. The van der Waals surface area contributed by atoms with Crippen LogP contribution in [0.2, 0.25) is 0 Å². The van der Waals surface area contributed by atoms with Crippen molar-refractivity contribution in [3.05, 3.63) is 155 Å². The highest BCUT2D eigenvalue weighted by Crippen LogP contribution is 2.41. The molecule has 1 aliphatic rings. The number of rotatable bonds is 4. The topological polar surface area (TPSA) is 0 Å². The first-order valence-corrected chi connectivity index (χ1v) is 13.3. The van der Waals surface area contributed by atoms with Crippen molar-refractivity contribution in [3.8, 4) is 11.1 Å². The molecule has 0 heterocycles. The second-order valence-electron chi connectivity index (χ2n) is 9.56. The average molecular weight is 507 g/mol. The second-order valence-corrected chi connectivity index (χ2v) is 10.4. The molecule has 1 aliphatic carbocycles. The van der Waals surface area contributed by atoms with Gasteiger partial charge in [-0.1, -0.05) is 146 Å². The fourth-order valence-electron chi connectivity index (χ4n) is 5.79. The third-order valence-corrected chi connectivity index (χ3v) is 8.39. The standard InChI is InChI=1S/C35H22S2/c36-34(29-17-7-12-22-9-1-4-14-25(22)29)31-20-19-28-27-16-6-3-11-24(27)21-32(28)33(31)35(37)30-18-8-13-23-10-2-5-15-26(23)30/h1-20H,21H2. The van der Waals surface area contributed by atoms with Gasteiger partial charge in [0.05, 0.1) is 9.73 Å². The Morgan fingerprint density at radius 3 is 1.73 bits per heavy atom. The SMILES string of the molecule is S=C(c1ccc2c(c1C(=S)c1cccc3ccccc13)Cc1ccccc1-2)c1cccc2ccccc12. The van der Waals surface area contributed by atoms with Gasteiger partial charge in [0, 0.05) is 22.3 Å². The van der Waals surface area contributed by atoms with Crippen LogP contribution in [0.3, 0.4) is 0 Å². The molecule has 0 atom stereocenters. The molecule has 0 unspecified atom stereocenters. The molecule has 0 spiro atoms. The summed E-state index contributed by atoms with van der Waals surface area (Å²) < 4.78 is 0. The molecule has 0 amide bonds. The highest BCUT2D eigenvalue weighted by Gasteiger charge is 2.27. The van der Waals surface area contributed by atoms with Gasteiger partial charge in [-0.3, -0.25) is 0 Å². The summed E-state index contributed by atoms with van der Waals surface area (Å²) in [4.78, 5) is 1.70. The zero-order valence-corrected chi connectivity index (χ0v) is 21.7. The van der Waals surface area contributed by atoms with Crippen LogP contribution in [0, 0.1) is 0 Å². The van der Waals surface area contributed by atoms with Crippen molar-refractivity contribution in [2.75, 3.05) is 0 Å². The Hall–Kier alpha value is -3.98. The average Bonchev–Trinajstić information content (AvgIpc) is 3.34. The zero-order chi connectivity index (χ0) is 24.9. The van der Waals surface area contributed by atoms with Crippen LogP contribution >= 0.6 is 24.4 Å². The smallest absolute Gasteiger partial charge is 0.0537 e.